The van der Waals surface area contributed by atoms with Gasteiger partial charge in [-0.3, -0.25) is 9.89 Å². The van der Waals surface area contributed by atoms with Gasteiger partial charge in [-0.1, -0.05) is 26.8 Å². The summed E-state index contributed by atoms with van der Waals surface area (Å²) in [4.78, 5) is 9.31. The number of aliphatic imine (C=N–C) groups is 1. The van der Waals surface area contributed by atoms with Crippen molar-refractivity contribution >= 4 is 29.9 Å². The molecule has 0 bridgehead atoms. The first-order valence-electron chi connectivity index (χ1n) is 10.7. The predicted octanol–water partition coefficient (Wildman–Crippen LogP) is 3.04. The van der Waals surface area contributed by atoms with Gasteiger partial charge < -0.3 is 20.3 Å². The standard InChI is InChI=1S/C22H38FN5O.HI/c1-6-19(29-20-9-7-8-18(23)14-20)15-25-22(24-4)26-16-21(17(2)3)28-12-10-27(5)11-13-28;/h7-9,14,17,19,21H,6,10-13,15-16H2,1-5H3,(H2,24,25,26);1H. The minimum absolute atomic E-state index is 0. The van der Waals surface area contributed by atoms with Crippen molar-refractivity contribution in [2.24, 2.45) is 10.9 Å². The molecular weight excluding hydrogens is 496 g/mol. The molecule has 0 saturated carbocycles. The third-order valence-electron chi connectivity index (χ3n) is 5.53. The number of nitrogens with zero attached hydrogens (tertiary/aromatic N) is 3. The minimum Gasteiger partial charge on any atom is -0.489 e. The lowest BCUT2D eigenvalue weighted by Crippen LogP contribution is -2.55. The van der Waals surface area contributed by atoms with Crippen molar-refractivity contribution in [3.63, 3.8) is 0 Å². The molecule has 0 amide bonds. The number of piperazine rings is 1. The molecule has 1 saturated heterocycles. The Morgan fingerprint density at radius 1 is 1.17 bits per heavy atom. The fourth-order valence-electron chi connectivity index (χ4n) is 3.57. The van der Waals surface area contributed by atoms with E-state index in [1.54, 1.807) is 19.2 Å². The van der Waals surface area contributed by atoms with Crippen LogP contribution in [0.4, 0.5) is 4.39 Å². The van der Waals surface area contributed by atoms with E-state index in [0.717, 1.165) is 45.1 Å². The molecule has 1 aliphatic rings. The van der Waals surface area contributed by atoms with Crippen molar-refractivity contribution in [1.29, 1.82) is 0 Å². The van der Waals surface area contributed by atoms with Gasteiger partial charge in [0.1, 0.15) is 17.7 Å². The molecule has 1 heterocycles. The molecule has 6 nitrogen and oxygen atoms in total. The smallest absolute Gasteiger partial charge is 0.191 e. The van der Waals surface area contributed by atoms with Crippen molar-refractivity contribution in [1.82, 2.24) is 20.4 Å². The molecule has 1 aromatic rings. The van der Waals surface area contributed by atoms with Gasteiger partial charge in [-0.2, -0.15) is 0 Å². The zero-order valence-electron chi connectivity index (χ0n) is 19.0. The summed E-state index contributed by atoms with van der Waals surface area (Å²) in [6.45, 7) is 12.5. The van der Waals surface area contributed by atoms with Gasteiger partial charge in [-0.15, -0.1) is 24.0 Å². The average molecular weight is 535 g/mol. The largest absolute Gasteiger partial charge is 0.489 e. The van der Waals surface area contributed by atoms with Crippen LogP contribution < -0.4 is 15.4 Å². The van der Waals surface area contributed by atoms with Gasteiger partial charge in [0.05, 0.1) is 6.54 Å². The second-order valence-corrected chi connectivity index (χ2v) is 8.09. The van der Waals surface area contributed by atoms with Crippen LogP contribution in [0, 0.1) is 11.7 Å². The number of ether oxygens (including phenoxy) is 1. The predicted molar refractivity (Wildman–Crippen MR) is 134 cm³/mol. The lowest BCUT2D eigenvalue weighted by molar-refractivity contribution is 0.0899. The Balaban J connectivity index is 0.00000450. The van der Waals surface area contributed by atoms with Crippen LogP contribution in [0.1, 0.15) is 27.2 Å². The second kappa shape index (κ2) is 14.0. The minimum atomic E-state index is -0.286. The highest BCUT2D eigenvalue weighted by molar-refractivity contribution is 14.0. The molecule has 0 spiro atoms. The zero-order chi connectivity index (χ0) is 21.2. The molecule has 2 rings (SSSR count). The van der Waals surface area contributed by atoms with Crippen LogP contribution in [0.2, 0.25) is 0 Å². The van der Waals surface area contributed by atoms with Crippen molar-refractivity contribution in [2.75, 3.05) is 53.4 Å². The molecule has 0 aromatic heterocycles. The number of likely N-dealkylation sites (N-methyl/N-ethyl adjacent to an activating group) is 1. The summed E-state index contributed by atoms with van der Waals surface area (Å²) >= 11 is 0. The van der Waals surface area contributed by atoms with Gasteiger partial charge in [0.25, 0.3) is 0 Å². The highest BCUT2D eigenvalue weighted by Crippen LogP contribution is 2.15. The molecule has 0 radical (unpaired) electrons. The fraction of sp³-hybridized carbons (Fsp3) is 0.682. The van der Waals surface area contributed by atoms with E-state index in [0.29, 0.717) is 24.3 Å². The Kier molecular flexibility index (Phi) is 12.6. The summed E-state index contributed by atoms with van der Waals surface area (Å²) in [6.07, 6.45) is 0.755. The normalized spacial score (nSPS) is 17.9. The van der Waals surface area contributed by atoms with E-state index in [9.17, 15) is 4.39 Å². The second-order valence-electron chi connectivity index (χ2n) is 8.09. The average Bonchev–Trinajstić information content (AvgIpc) is 2.70. The molecule has 1 aliphatic heterocycles. The van der Waals surface area contributed by atoms with Gasteiger partial charge >= 0.3 is 0 Å². The summed E-state index contributed by atoms with van der Waals surface area (Å²) in [7, 11) is 3.96. The number of rotatable bonds is 9. The molecule has 8 heteroatoms. The maximum absolute atomic E-state index is 13.4. The van der Waals surface area contributed by atoms with Crippen LogP contribution in [0.3, 0.4) is 0 Å². The Hall–Kier alpha value is -1.13. The molecule has 1 fully saturated rings. The topological polar surface area (TPSA) is 52.1 Å². The van der Waals surface area contributed by atoms with E-state index in [2.05, 4.69) is 53.2 Å². The third kappa shape index (κ3) is 8.93. The molecule has 2 unspecified atom stereocenters. The van der Waals surface area contributed by atoms with Gasteiger partial charge in [0, 0.05) is 51.9 Å². The van der Waals surface area contributed by atoms with Gasteiger partial charge in [0.15, 0.2) is 5.96 Å². The Labute approximate surface area is 198 Å². The fourth-order valence-corrected chi connectivity index (χ4v) is 3.57. The molecule has 2 atom stereocenters. The van der Waals surface area contributed by atoms with E-state index in [4.69, 9.17) is 4.74 Å². The summed E-state index contributed by atoms with van der Waals surface area (Å²) in [6, 6.07) is 6.74. The number of hydrogen-bond donors (Lipinski definition) is 2. The zero-order valence-corrected chi connectivity index (χ0v) is 21.4. The van der Waals surface area contributed by atoms with Crippen LogP contribution >= 0.6 is 24.0 Å². The van der Waals surface area contributed by atoms with Crippen molar-refractivity contribution in [3.05, 3.63) is 30.1 Å². The van der Waals surface area contributed by atoms with Crippen molar-refractivity contribution in [3.8, 4) is 5.75 Å². The first kappa shape index (κ1) is 26.9. The molecule has 30 heavy (non-hydrogen) atoms. The Morgan fingerprint density at radius 2 is 1.83 bits per heavy atom. The van der Waals surface area contributed by atoms with E-state index in [1.165, 1.54) is 12.1 Å². The number of nitrogens with one attached hydrogen (secondary N) is 2. The van der Waals surface area contributed by atoms with Crippen LogP contribution in [-0.2, 0) is 0 Å². The summed E-state index contributed by atoms with van der Waals surface area (Å²) in [5.41, 5.74) is 0. The molecule has 172 valence electrons. The van der Waals surface area contributed by atoms with Gasteiger partial charge in [0.2, 0.25) is 0 Å². The van der Waals surface area contributed by atoms with Crippen LogP contribution in [0.25, 0.3) is 0 Å². The lowest BCUT2D eigenvalue weighted by Gasteiger charge is -2.40. The van der Waals surface area contributed by atoms with E-state index in [-0.39, 0.29) is 35.9 Å². The van der Waals surface area contributed by atoms with Gasteiger partial charge in [-0.05, 0) is 31.5 Å². The first-order valence-corrected chi connectivity index (χ1v) is 10.7. The maximum atomic E-state index is 13.4. The lowest BCUT2D eigenvalue weighted by atomic mass is 10.0. The van der Waals surface area contributed by atoms with Crippen LogP contribution in [-0.4, -0.2) is 81.3 Å². The number of hydrogen-bond acceptors (Lipinski definition) is 4. The summed E-state index contributed by atoms with van der Waals surface area (Å²) in [5, 5.41) is 6.83. The Morgan fingerprint density at radius 3 is 2.40 bits per heavy atom. The summed E-state index contributed by atoms with van der Waals surface area (Å²) in [5.74, 6) is 1.60. The number of benzene rings is 1. The van der Waals surface area contributed by atoms with Crippen molar-refractivity contribution < 1.29 is 9.13 Å². The van der Waals surface area contributed by atoms with Crippen LogP contribution in [0.5, 0.6) is 5.75 Å². The quantitative estimate of drug-likeness (QED) is 0.289. The van der Waals surface area contributed by atoms with Crippen LogP contribution in [0.15, 0.2) is 29.3 Å². The van der Waals surface area contributed by atoms with Crippen molar-refractivity contribution in [2.45, 2.75) is 39.3 Å². The van der Waals surface area contributed by atoms with Gasteiger partial charge in [-0.25, -0.2) is 4.39 Å². The molecule has 2 N–H and O–H groups in total. The van der Waals surface area contributed by atoms with E-state index < -0.39 is 0 Å². The molecular formula is C22H39FIN5O. The highest BCUT2D eigenvalue weighted by atomic mass is 127. The first-order chi connectivity index (χ1) is 13.9. The number of halogens is 2. The maximum Gasteiger partial charge on any atom is 0.191 e. The third-order valence-corrected chi connectivity index (χ3v) is 5.53. The highest BCUT2D eigenvalue weighted by Gasteiger charge is 2.25. The molecule has 1 aromatic carbocycles. The monoisotopic (exact) mass is 535 g/mol. The van der Waals surface area contributed by atoms with E-state index in [1.807, 2.05) is 0 Å². The SMILES string of the molecule is CCC(CNC(=NC)NCC(C(C)C)N1CCN(C)CC1)Oc1cccc(F)c1.I. The van der Waals surface area contributed by atoms with E-state index >= 15 is 0 Å². The number of guanidine groups is 1. The summed E-state index contributed by atoms with van der Waals surface area (Å²) < 4.78 is 19.3. The Bertz CT molecular complexity index is 638. The molecule has 0 aliphatic carbocycles.